The van der Waals surface area contributed by atoms with Gasteiger partial charge in [-0.15, -0.1) is 0 Å². The Bertz CT molecular complexity index is 1880. The molecule has 0 saturated carbocycles. The number of carbonyl (C=O) groups excluding carboxylic acids is 7. The molecule has 4 saturated heterocycles. The predicted molar refractivity (Wildman–Crippen MR) is 209 cm³/mol. The number of ether oxygens (including phenoxy) is 1. The van der Waals surface area contributed by atoms with Crippen molar-refractivity contribution < 1.29 is 47.1 Å². The van der Waals surface area contributed by atoms with Gasteiger partial charge >= 0.3 is 12.0 Å². The smallest absolute Gasteiger partial charge is 0.329 e. The van der Waals surface area contributed by atoms with Crippen LogP contribution >= 0.6 is 22.6 Å². The van der Waals surface area contributed by atoms with Crippen LogP contribution in [-0.2, 0) is 39.9 Å². The van der Waals surface area contributed by atoms with Gasteiger partial charge in [0.05, 0.1) is 0 Å². The van der Waals surface area contributed by atoms with Crippen LogP contribution in [0, 0.1) is 15.2 Å². The Balaban J connectivity index is 1.33. The van der Waals surface area contributed by atoms with Gasteiger partial charge in [-0.2, -0.15) is 0 Å². The second kappa shape index (κ2) is 18.1. The number of esters is 1. The number of urea groups is 1. The number of rotatable bonds is 6. The van der Waals surface area contributed by atoms with Crippen LogP contribution in [0.25, 0.3) is 0 Å². The van der Waals surface area contributed by atoms with Crippen LogP contribution < -0.4 is 21.3 Å². The first-order valence-electron chi connectivity index (χ1n) is 19.2. The highest BCUT2D eigenvalue weighted by atomic mass is 127. The molecule has 0 aromatic heterocycles. The van der Waals surface area contributed by atoms with Crippen LogP contribution in [0.15, 0.2) is 42.5 Å². The molecule has 0 unspecified atom stereocenters. The van der Waals surface area contributed by atoms with E-state index in [9.17, 15) is 42.3 Å². The number of cyclic esters (lactones) is 1. The van der Waals surface area contributed by atoms with Crippen LogP contribution in [0.4, 0.5) is 19.3 Å². The standard InChI is InChI=1S/C39H46F2IN7O8/c1-21-35(52)49-16-6-9-31(49)38(55)57-22(2)32(37(54)48-15-5-8-30(48)36(53)47-14-4-3-7-29(47)34(51)43-21)46-33(50)28(19-23-17-24(40)20-25(41)18-23)45-39(56)44-27-12-10-26(42)11-13-27/h10-13,17-18,20-22,28-32H,3-9,14-16,19H2,1-2H3,(H,43,51)(H,46,50)(H2,44,45,56)/t21-,22-,28-,29-,30-,31-,32-/m0/s1. The average Bonchev–Trinajstić information content (AvgIpc) is 3.87. The lowest BCUT2D eigenvalue weighted by Gasteiger charge is -2.39. The molecule has 0 spiro atoms. The van der Waals surface area contributed by atoms with E-state index in [4.69, 9.17) is 4.74 Å². The van der Waals surface area contributed by atoms with Crippen molar-refractivity contribution in [2.45, 2.75) is 108 Å². The molecule has 4 heterocycles. The summed E-state index contributed by atoms with van der Waals surface area (Å²) in [6, 6.07) is 1.56. The molecule has 7 amide bonds. The average molecular weight is 906 g/mol. The van der Waals surface area contributed by atoms with Gasteiger partial charge in [-0.05, 0) is 123 Å². The van der Waals surface area contributed by atoms with Gasteiger partial charge in [0.1, 0.15) is 54.0 Å². The van der Waals surface area contributed by atoms with E-state index in [1.54, 1.807) is 24.3 Å². The van der Waals surface area contributed by atoms with E-state index in [2.05, 4.69) is 43.9 Å². The Morgan fingerprint density at radius 1 is 0.807 bits per heavy atom. The number of halogens is 3. The van der Waals surface area contributed by atoms with Gasteiger partial charge in [-0.3, -0.25) is 24.0 Å². The molecule has 0 bridgehead atoms. The molecule has 2 aromatic carbocycles. The molecular weight excluding hydrogens is 859 g/mol. The minimum absolute atomic E-state index is 0.0246. The lowest BCUT2D eigenvalue weighted by atomic mass is 9.99. The fraction of sp³-hybridized carbons (Fsp3) is 0.513. The van der Waals surface area contributed by atoms with Crippen molar-refractivity contribution >= 4 is 69.8 Å². The van der Waals surface area contributed by atoms with Gasteiger partial charge in [-0.25, -0.2) is 18.4 Å². The number of hydrogen-bond donors (Lipinski definition) is 4. The van der Waals surface area contributed by atoms with Gasteiger partial charge in [0.2, 0.25) is 29.5 Å². The largest absolute Gasteiger partial charge is 0.458 e. The van der Waals surface area contributed by atoms with E-state index in [1.807, 2.05) is 0 Å². The molecule has 57 heavy (non-hydrogen) atoms. The van der Waals surface area contributed by atoms with Crippen molar-refractivity contribution in [3.05, 3.63) is 63.2 Å². The van der Waals surface area contributed by atoms with E-state index in [1.165, 1.54) is 28.5 Å². The highest BCUT2D eigenvalue weighted by Crippen LogP contribution is 2.27. The second-order valence-electron chi connectivity index (χ2n) is 14.9. The number of piperidine rings is 1. The first-order valence-corrected chi connectivity index (χ1v) is 20.3. The van der Waals surface area contributed by atoms with Crippen LogP contribution in [0.2, 0.25) is 0 Å². The van der Waals surface area contributed by atoms with Crippen molar-refractivity contribution in [2.75, 3.05) is 25.0 Å². The van der Waals surface area contributed by atoms with Gasteiger partial charge < -0.3 is 40.7 Å². The summed E-state index contributed by atoms with van der Waals surface area (Å²) in [5, 5.41) is 10.5. The number of carbonyl (C=O) groups is 7. The van der Waals surface area contributed by atoms with E-state index in [0.29, 0.717) is 43.9 Å². The Hall–Kier alpha value is -4.88. The first kappa shape index (κ1) is 41.7. The third-order valence-corrected chi connectivity index (χ3v) is 11.6. The Kier molecular flexibility index (Phi) is 13.3. The minimum Gasteiger partial charge on any atom is -0.458 e. The summed E-state index contributed by atoms with van der Waals surface area (Å²) >= 11 is 2.10. The molecule has 15 nitrogen and oxygen atoms in total. The topological polar surface area (TPSA) is 187 Å². The molecule has 7 atom stereocenters. The molecule has 0 aliphatic carbocycles. The Labute approximate surface area is 342 Å². The molecule has 4 N–H and O–H groups in total. The Morgan fingerprint density at radius 3 is 2.09 bits per heavy atom. The zero-order chi connectivity index (χ0) is 41.0. The zero-order valence-corrected chi connectivity index (χ0v) is 33.8. The fourth-order valence-electron chi connectivity index (χ4n) is 8.02. The summed E-state index contributed by atoms with van der Waals surface area (Å²) in [5.74, 6) is -5.83. The van der Waals surface area contributed by atoms with Gasteiger partial charge in [0, 0.05) is 41.4 Å². The molecule has 4 aliphatic rings. The van der Waals surface area contributed by atoms with E-state index in [0.717, 1.165) is 15.7 Å². The number of benzene rings is 2. The quantitative estimate of drug-likeness (QED) is 0.252. The van der Waals surface area contributed by atoms with Crippen LogP contribution in [-0.4, -0.2) is 118 Å². The number of fused-ring (bicyclic) bond motifs is 3. The summed E-state index contributed by atoms with van der Waals surface area (Å²) in [6.07, 6.45) is 1.32. The van der Waals surface area contributed by atoms with Gasteiger partial charge in [-0.1, -0.05) is 0 Å². The molecule has 2 aromatic rings. The molecule has 0 radical (unpaired) electrons. The molecule has 4 fully saturated rings. The maximum atomic E-state index is 14.6. The summed E-state index contributed by atoms with van der Waals surface area (Å²) in [7, 11) is 0. The second-order valence-corrected chi connectivity index (χ2v) is 16.2. The van der Waals surface area contributed by atoms with Crippen LogP contribution in [0.3, 0.4) is 0 Å². The maximum absolute atomic E-state index is 14.6. The van der Waals surface area contributed by atoms with Crippen molar-refractivity contribution in [2.24, 2.45) is 0 Å². The van der Waals surface area contributed by atoms with Crippen LogP contribution in [0.5, 0.6) is 0 Å². The lowest BCUT2D eigenvalue weighted by molar-refractivity contribution is -0.163. The molecule has 18 heteroatoms. The third-order valence-electron chi connectivity index (χ3n) is 10.9. The minimum atomic E-state index is -1.61. The Morgan fingerprint density at radius 2 is 1.40 bits per heavy atom. The van der Waals surface area contributed by atoms with Crippen molar-refractivity contribution in [3.8, 4) is 0 Å². The highest BCUT2D eigenvalue weighted by molar-refractivity contribution is 14.1. The van der Waals surface area contributed by atoms with Crippen molar-refractivity contribution in [1.82, 2.24) is 30.7 Å². The predicted octanol–water partition coefficient (Wildman–Crippen LogP) is 2.60. The molecule has 6 rings (SSSR count). The third kappa shape index (κ3) is 9.81. The summed E-state index contributed by atoms with van der Waals surface area (Å²) in [6.45, 7) is 3.52. The summed E-state index contributed by atoms with van der Waals surface area (Å²) < 4.78 is 35.3. The van der Waals surface area contributed by atoms with E-state index in [-0.39, 0.29) is 38.0 Å². The van der Waals surface area contributed by atoms with Crippen LogP contribution in [0.1, 0.15) is 64.4 Å². The molecule has 306 valence electrons. The lowest BCUT2D eigenvalue weighted by Crippen LogP contribution is -2.63. The van der Waals surface area contributed by atoms with E-state index >= 15 is 0 Å². The zero-order valence-electron chi connectivity index (χ0n) is 31.6. The summed E-state index contributed by atoms with van der Waals surface area (Å²) in [5.41, 5.74) is 0.417. The van der Waals surface area contributed by atoms with E-state index < -0.39 is 102 Å². The number of hydrogen-bond acceptors (Lipinski definition) is 8. The monoisotopic (exact) mass is 905 g/mol. The number of anilines is 1. The SMILES string of the molecule is C[C@@H]1NC(=O)[C@@H]2CCCCN2C(=O)[C@@H]2CCCN2C(=O)[C@@H](NC(=O)[C@H](Cc2cc(F)cc(F)c2)NC(=O)Nc2ccc(I)cc2)[C@H](C)OC(=O)[C@@H]2CCCN2C1=O. The fourth-order valence-corrected chi connectivity index (χ4v) is 8.38. The van der Waals surface area contributed by atoms with Crippen molar-refractivity contribution in [3.63, 3.8) is 0 Å². The normalized spacial score (nSPS) is 26.5. The number of nitrogens with zero attached hydrogens (tertiary/aromatic N) is 3. The molecular formula is C39H46F2IN7O8. The number of nitrogens with one attached hydrogen (secondary N) is 4. The summed E-state index contributed by atoms with van der Waals surface area (Å²) in [4.78, 5) is 102. The molecule has 4 aliphatic heterocycles. The van der Waals surface area contributed by atoms with Gasteiger partial charge in [0.15, 0.2) is 0 Å². The maximum Gasteiger partial charge on any atom is 0.329 e. The highest BCUT2D eigenvalue weighted by Gasteiger charge is 2.46. The first-order chi connectivity index (χ1) is 27.2. The van der Waals surface area contributed by atoms with Gasteiger partial charge in [0.25, 0.3) is 0 Å². The number of amides is 7. The van der Waals surface area contributed by atoms with Crippen molar-refractivity contribution in [1.29, 1.82) is 0 Å².